The van der Waals surface area contributed by atoms with Crippen molar-refractivity contribution in [2.45, 2.75) is 51.6 Å². The molecule has 1 aromatic heterocycles. The summed E-state index contributed by atoms with van der Waals surface area (Å²) in [6.07, 6.45) is 7.12. The number of anilines is 1. The molecule has 0 saturated carbocycles. The molecule has 160 valence electrons. The summed E-state index contributed by atoms with van der Waals surface area (Å²) in [6.45, 7) is 7.10. The average molecular weight is 408 g/mol. The van der Waals surface area contributed by atoms with E-state index in [1.807, 2.05) is 37.4 Å². The standard InChI is InChI=1S/C24H33N5O/c1-19(21-7-3-2-4-8-21)26-23(30)17-20-10-15-28(16-11-20)18-22-9-12-25-24(27-22)29-13-5-6-14-29/h2-4,7-9,12,19-20H,5-6,10-11,13-18H2,1H3,(H,26,30)/t19-/m0/s1. The lowest BCUT2D eigenvalue weighted by atomic mass is 9.93. The summed E-state index contributed by atoms with van der Waals surface area (Å²) in [7, 11) is 0. The SMILES string of the molecule is C[C@H](NC(=O)CC1CCN(Cc2ccnc(N3CCCC3)n2)CC1)c1ccccc1. The highest BCUT2D eigenvalue weighted by Crippen LogP contribution is 2.23. The molecule has 0 spiro atoms. The Labute approximate surface area is 179 Å². The number of hydrogen-bond donors (Lipinski definition) is 1. The van der Waals surface area contributed by atoms with Crippen molar-refractivity contribution in [2.75, 3.05) is 31.1 Å². The summed E-state index contributed by atoms with van der Waals surface area (Å²) in [5, 5.41) is 3.15. The van der Waals surface area contributed by atoms with Crippen LogP contribution in [0.25, 0.3) is 0 Å². The van der Waals surface area contributed by atoms with E-state index in [1.54, 1.807) is 0 Å². The van der Waals surface area contributed by atoms with Crippen molar-refractivity contribution >= 4 is 11.9 Å². The molecule has 1 aromatic carbocycles. The number of hydrogen-bond acceptors (Lipinski definition) is 5. The van der Waals surface area contributed by atoms with Gasteiger partial charge in [0, 0.05) is 32.3 Å². The van der Waals surface area contributed by atoms with Gasteiger partial charge in [0.2, 0.25) is 11.9 Å². The van der Waals surface area contributed by atoms with Crippen molar-refractivity contribution < 1.29 is 4.79 Å². The highest BCUT2D eigenvalue weighted by Gasteiger charge is 2.23. The highest BCUT2D eigenvalue weighted by molar-refractivity contribution is 5.76. The summed E-state index contributed by atoms with van der Waals surface area (Å²) >= 11 is 0. The van der Waals surface area contributed by atoms with Gasteiger partial charge in [-0.1, -0.05) is 30.3 Å². The quantitative estimate of drug-likeness (QED) is 0.760. The van der Waals surface area contributed by atoms with E-state index in [2.05, 4.69) is 32.2 Å². The van der Waals surface area contributed by atoms with Crippen molar-refractivity contribution in [1.29, 1.82) is 0 Å². The third-order valence-electron chi connectivity index (χ3n) is 6.33. The van der Waals surface area contributed by atoms with Gasteiger partial charge in [0.05, 0.1) is 11.7 Å². The van der Waals surface area contributed by atoms with Gasteiger partial charge in [0.25, 0.3) is 0 Å². The van der Waals surface area contributed by atoms with E-state index in [9.17, 15) is 4.79 Å². The summed E-state index contributed by atoms with van der Waals surface area (Å²) in [6, 6.07) is 12.2. The Morgan fingerprint density at radius 3 is 2.57 bits per heavy atom. The molecule has 4 rings (SSSR count). The Balaban J connectivity index is 1.21. The fourth-order valence-corrected chi connectivity index (χ4v) is 4.51. The van der Waals surface area contributed by atoms with Crippen molar-refractivity contribution in [3.8, 4) is 0 Å². The molecule has 2 aromatic rings. The lowest BCUT2D eigenvalue weighted by molar-refractivity contribution is -0.123. The van der Waals surface area contributed by atoms with Crippen molar-refractivity contribution in [3.63, 3.8) is 0 Å². The molecular weight excluding hydrogens is 374 g/mol. The minimum atomic E-state index is 0.0568. The van der Waals surface area contributed by atoms with Crippen LogP contribution in [0.1, 0.15) is 56.3 Å². The third kappa shape index (κ3) is 5.57. The number of amides is 1. The predicted octanol–water partition coefficient (Wildman–Crippen LogP) is 3.56. The van der Waals surface area contributed by atoms with Gasteiger partial charge in [-0.15, -0.1) is 0 Å². The maximum atomic E-state index is 12.5. The molecule has 6 heteroatoms. The van der Waals surface area contributed by atoms with E-state index in [4.69, 9.17) is 4.98 Å². The average Bonchev–Trinajstić information content (AvgIpc) is 3.31. The summed E-state index contributed by atoms with van der Waals surface area (Å²) in [4.78, 5) is 26.5. The van der Waals surface area contributed by atoms with Gasteiger partial charge in [0.15, 0.2) is 0 Å². The topological polar surface area (TPSA) is 61.4 Å². The number of piperidine rings is 1. The lowest BCUT2D eigenvalue weighted by Gasteiger charge is -2.31. The van der Waals surface area contributed by atoms with Crippen molar-refractivity contribution in [2.24, 2.45) is 5.92 Å². The zero-order valence-electron chi connectivity index (χ0n) is 18.0. The largest absolute Gasteiger partial charge is 0.350 e. The number of nitrogens with one attached hydrogen (secondary N) is 1. The summed E-state index contributed by atoms with van der Waals surface area (Å²) in [5.41, 5.74) is 2.25. The zero-order chi connectivity index (χ0) is 20.8. The first-order valence-corrected chi connectivity index (χ1v) is 11.3. The fourth-order valence-electron chi connectivity index (χ4n) is 4.51. The Kier molecular flexibility index (Phi) is 6.95. The van der Waals surface area contributed by atoms with E-state index in [0.717, 1.165) is 62.8 Å². The van der Waals surface area contributed by atoms with E-state index < -0.39 is 0 Å². The Morgan fingerprint density at radius 1 is 1.10 bits per heavy atom. The van der Waals surface area contributed by atoms with Crippen LogP contribution < -0.4 is 10.2 Å². The van der Waals surface area contributed by atoms with E-state index in [0.29, 0.717) is 12.3 Å². The van der Waals surface area contributed by atoms with Crippen LogP contribution in [0.5, 0.6) is 0 Å². The molecule has 1 atom stereocenters. The van der Waals surface area contributed by atoms with Crippen LogP contribution in [0, 0.1) is 5.92 Å². The van der Waals surface area contributed by atoms with Gasteiger partial charge < -0.3 is 10.2 Å². The Bertz CT molecular complexity index is 813. The second kappa shape index (κ2) is 10.0. The van der Waals surface area contributed by atoms with Crippen LogP contribution in [-0.4, -0.2) is 47.0 Å². The van der Waals surface area contributed by atoms with E-state index >= 15 is 0 Å². The Hall–Kier alpha value is -2.47. The lowest BCUT2D eigenvalue weighted by Crippen LogP contribution is -2.36. The van der Waals surface area contributed by atoms with Crippen molar-refractivity contribution in [1.82, 2.24) is 20.2 Å². The van der Waals surface area contributed by atoms with Gasteiger partial charge in [-0.05, 0) is 63.2 Å². The summed E-state index contributed by atoms with van der Waals surface area (Å²) < 4.78 is 0. The van der Waals surface area contributed by atoms with Crippen LogP contribution >= 0.6 is 0 Å². The van der Waals surface area contributed by atoms with Crippen LogP contribution in [0.4, 0.5) is 5.95 Å². The number of nitrogens with zero attached hydrogens (tertiary/aromatic N) is 4. The number of aromatic nitrogens is 2. The van der Waals surface area contributed by atoms with Gasteiger partial charge in [-0.2, -0.15) is 0 Å². The van der Waals surface area contributed by atoms with Crippen LogP contribution in [-0.2, 0) is 11.3 Å². The van der Waals surface area contributed by atoms with Gasteiger partial charge in [0.1, 0.15) is 0 Å². The molecule has 2 saturated heterocycles. The highest BCUT2D eigenvalue weighted by atomic mass is 16.1. The first kappa shape index (κ1) is 20.8. The number of rotatable bonds is 7. The molecule has 0 aliphatic carbocycles. The smallest absolute Gasteiger partial charge is 0.225 e. The molecule has 3 heterocycles. The molecule has 0 radical (unpaired) electrons. The molecule has 6 nitrogen and oxygen atoms in total. The second-order valence-corrected chi connectivity index (χ2v) is 8.67. The molecule has 1 N–H and O–H groups in total. The summed E-state index contributed by atoms with van der Waals surface area (Å²) in [5.74, 6) is 1.51. The second-order valence-electron chi connectivity index (χ2n) is 8.67. The van der Waals surface area contributed by atoms with Crippen LogP contribution in [0.15, 0.2) is 42.6 Å². The molecule has 2 aliphatic rings. The van der Waals surface area contributed by atoms with E-state index in [-0.39, 0.29) is 11.9 Å². The zero-order valence-corrected chi connectivity index (χ0v) is 18.0. The monoisotopic (exact) mass is 407 g/mol. The number of likely N-dealkylation sites (tertiary alicyclic amines) is 1. The van der Waals surface area contributed by atoms with Gasteiger partial charge in [-0.25, -0.2) is 9.97 Å². The van der Waals surface area contributed by atoms with Gasteiger partial charge in [-0.3, -0.25) is 9.69 Å². The molecule has 2 fully saturated rings. The molecule has 30 heavy (non-hydrogen) atoms. The number of carbonyl (C=O) groups is 1. The van der Waals surface area contributed by atoms with Gasteiger partial charge >= 0.3 is 0 Å². The number of carbonyl (C=O) groups excluding carboxylic acids is 1. The number of benzene rings is 1. The van der Waals surface area contributed by atoms with Crippen molar-refractivity contribution in [3.05, 3.63) is 53.9 Å². The van der Waals surface area contributed by atoms with Crippen LogP contribution in [0.3, 0.4) is 0 Å². The minimum Gasteiger partial charge on any atom is -0.350 e. The normalized spacial score (nSPS) is 19.0. The first-order chi connectivity index (χ1) is 14.7. The molecular formula is C24H33N5O. The van der Waals surface area contributed by atoms with E-state index in [1.165, 1.54) is 12.8 Å². The Morgan fingerprint density at radius 2 is 1.83 bits per heavy atom. The fraction of sp³-hybridized carbons (Fsp3) is 0.542. The van der Waals surface area contributed by atoms with Crippen LogP contribution in [0.2, 0.25) is 0 Å². The predicted molar refractivity (Wildman–Crippen MR) is 119 cm³/mol. The molecule has 2 aliphatic heterocycles. The minimum absolute atomic E-state index is 0.0568. The molecule has 0 unspecified atom stereocenters. The third-order valence-corrected chi connectivity index (χ3v) is 6.33. The molecule has 0 bridgehead atoms. The maximum absolute atomic E-state index is 12.5. The molecule has 1 amide bonds. The first-order valence-electron chi connectivity index (χ1n) is 11.3. The maximum Gasteiger partial charge on any atom is 0.225 e.